The van der Waals surface area contributed by atoms with Crippen molar-refractivity contribution < 1.29 is 24.4 Å². The van der Waals surface area contributed by atoms with Crippen LogP contribution in [0.4, 0.5) is 10.2 Å². The Morgan fingerprint density at radius 3 is 2.89 bits per heavy atom. The SMILES string of the molecule is Nc1nc(=O)n([C@H]2C[C@H](O)[C@H](O)[C@H](CO)O2)cc1F. The van der Waals surface area contributed by atoms with Gasteiger partial charge in [-0.2, -0.15) is 4.98 Å². The zero-order valence-electron chi connectivity index (χ0n) is 9.81. The predicted octanol–water partition coefficient (Wildman–Crippen LogP) is -2.03. The van der Waals surface area contributed by atoms with Gasteiger partial charge < -0.3 is 25.8 Å². The first-order chi connectivity index (χ1) is 8.93. The smallest absolute Gasteiger partial charge is 0.351 e. The molecule has 0 aliphatic carbocycles. The van der Waals surface area contributed by atoms with Gasteiger partial charge in [0.1, 0.15) is 18.4 Å². The second-order valence-electron chi connectivity index (χ2n) is 4.27. The molecule has 1 fully saturated rings. The van der Waals surface area contributed by atoms with Crippen molar-refractivity contribution in [1.82, 2.24) is 9.55 Å². The molecule has 4 atom stereocenters. The van der Waals surface area contributed by atoms with Gasteiger partial charge in [-0.1, -0.05) is 0 Å². The number of nitrogens with two attached hydrogens (primary N) is 1. The third kappa shape index (κ3) is 2.59. The maximum absolute atomic E-state index is 13.3. The second kappa shape index (κ2) is 5.21. The molecule has 1 aliphatic rings. The molecule has 19 heavy (non-hydrogen) atoms. The van der Waals surface area contributed by atoms with Crippen molar-refractivity contribution in [3.8, 4) is 0 Å². The third-order valence-electron chi connectivity index (χ3n) is 2.97. The van der Waals surface area contributed by atoms with E-state index in [1.165, 1.54) is 0 Å². The minimum absolute atomic E-state index is 0.136. The van der Waals surface area contributed by atoms with E-state index < -0.39 is 48.5 Å². The highest BCUT2D eigenvalue weighted by Crippen LogP contribution is 2.26. The Morgan fingerprint density at radius 2 is 2.26 bits per heavy atom. The summed E-state index contributed by atoms with van der Waals surface area (Å²) in [5.41, 5.74) is 4.31. The molecule has 5 N–H and O–H groups in total. The molecule has 0 radical (unpaired) electrons. The lowest BCUT2D eigenvalue weighted by Crippen LogP contribution is -2.49. The third-order valence-corrected chi connectivity index (χ3v) is 2.97. The zero-order chi connectivity index (χ0) is 14.2. The van der Waals surface area contributed by atoms with E-state index in [1.54, 1.807) is 0 Å². The van der Waals surface area contributed by atoms with Crippen LogP contribution in [0.3, 0.4) is 0 Å². The number of aliphatic hydroxyl groups excluding tert-OH is 3. The van der Waals surface area contributed by atoms with Crippen LogP contribution in [-0.4, -0.2) is 49.8 Å². The van der Waals surface area contributed by atoms with E-state index in [-0.39, 0.29) is 6.42 Å². The number of nitrogens with zero attached hydrogens (tertiary/aromatic N) is 2. The molecule has 1 aromatic rings. The van der Waals surface area contributed by atoms with Crippen molar-refractivity contribution in [2.24, 2.45) is 0 Å². The Balaban J connectivity index is 2.32. The Morgan fingerprint density at radius 1 is 1.58 bits per heavy atom. The van der Waals surface area contributed by atoms with E-state index in [9.17, 15) is 19.4 Å². The first kappa shape index (κ1) is 13.9. The van der Waals surface area contributed by atoms with Crippen LogP contribution in [0.15, 0.2) is 11.0 Å². The van der Waals surface area contributed by atoms with Gasteiger partial charge in [-0.05, 0) is 0 Å². The van der Waals surface area contributed by atoms with Crippen molar-refractivity contribution in [3.63, 3.8) is 0 Å². The summed E-state index contributed by atoms with van der Waals surface area (Å²) in [5.74, 6) is -1.43. The number of halogens is 1. The summed E-state index contributed by atoms with van der Waals surface area (Å²) in [6, 6.07) is 0. The molecule has 1 aliphatic heterocycles. The summed E-state index contributed by atoms with van der Waals surface area (Å²) >= 11 is 0. The fraction of sp³-hybridized carbons (Fsp3) is 0.600. The summed E-state index contributed by atoms with van der Waals surface area (Å²) in [7, 11) is 0. The minimum Gasteiger partial charge on any atom is -0.394 e. The van der Waals surface area contributed by atoms with Crippen LogP contribution in [0.25, 0.3) is 0 Å². The number of ether oxygens (including phenoxy) is 1. The van der Waals surface area contributed by atoms with Crippen LogP contribution in [0.2, 0.25) is 0 Å². The number of hydrogen-bond acceptors (Lipinski definition) is 7. The van der Waals surface area contributed by atoms with Gasteiger partial charge in [-0.15, -0.1) is 0 Å². The average Bonchev–Trinajstić information content (AvgIpc) is 2.37. The van der Waals surface area contributed by atoms with Crippen LogP contribution in [0.1, 0.15) is 12.6 Å². The number of aromatic nitrogens is 2. The largest absolute Gasteiger partial charge is 0.394 e. The molecule has 2 rings (SSSR count). The fourth-order valence-corrected chi connectivity index (χ4v) is 1.93. The van der Waals surface area contributed by atoms with Crippen molar-refractivity contribution >= 4 is 5.82 Å². The molecule has 2 heterocycles. The quantitative estimate of drug-likeness (QED) is 0.489. The van der Waals surface area contributed by atoms with Crippen LogP contribution < -0.4 is 11.4 Å². The van der Waals surface area contributed by atoms with Crippen LogP contribution >= 0.6 is 0 Å². The number of aliphatic hydroxyl groups is 3. The summed E-state index contributed by atoms with van der Waals surface area (Å²) < 4.78 is 19.4. The second-order valence-corrected chi connectivity index (χ2v) is 4.27. The van der Waals surface area contributed by atoms with Gasteiger partial charge in [0.25, 0.3) is 0 Å². The molecule has 0 aromatic carbocycles. The first-order valence-electron chi connectivity index (χ1n) is 5.60. The molecule has 0 saturated carbocycles. The molecule has 1 saturated heterocycles. The summed E-state index contributed by atoms with van der Waals surface area (Å²) in [5, 5.41) is 28.2. The highest BCUT2D eigenvalue weighted by Gasteiger charge is 2.37. The number of anilines is 1. The monoisotopic (exact) mass is 275 g/mol. The number of rotatable bonds is 2. The van der Waals surface area contributed by atoms with Crippen molar-refractivity contribution in [1.29, 1.82) is 0 Å². The van der Waals surface area contributed by atoms with Gasteiger partial charge in [0.2, 0.25) is 0 Å². The van der Waals surface area contributed by atoms with E-state index in [0.717, 1.165) is 10.8 Å². The van der Waals surface area contributed by atoms with E-state index >= 15 is 0 Å². The van der Waals surface area contributed by atoms with Gasteiger partial charge in [0.05, 0.1) is 18.9 Å². The van der Waals surface area contributed by atoms with E-state index in [2.05, 4.69) is 4.98 Å². The predicted molar refractivity (Wildman–Crippen MR) is 60.5 cm³/mol. The van der Waals surface area contributed by atoms with E-state index in [0.29, 0.717) is 0 Å². The molecule has 0 spiro atoms. The Hall–Kier alpha value is -1.55. The van der Waals surface area contributed by atoms with E-state index in [4.69, 9.17) is 15.6 Å². The molecular weight excluding hydrogens is 261 g/mol. The fourth-order valence-electron chi connectivity index (χ4n) is 1.93. The lowest BCUT2D eigenvalue weighted by Gasteiger charge is -2.36. The maximum Gasteiger partial charge on any atom is 0.351 e. The van der Waals surface area contributed by atoms with E-state index in [1.807, 2.05) is 0 Å². The van der Waals surface area contributed by atoms with Crippen LogP contribution in [0.5, 0.6) is 0 Å². The topological polar surface area (TPSA) is 131 Å². The Kier molecular flexibility index (Phi) is 3.80. The molecule has 0 amide bonds. The zero-order valence-corrected chi connectivity index (χ0v) is 9.81. The van der Waals surface area contributed by atoms with Crippen molar-refractivity contribution in [2.75, 3.05) is 12.3 Å². The molecule has 106 valence electrons. The lowest BCUT2D eigenvalue weighted by molar-refractivity contribution is -0.202. The highest BCUT2D eigenvalue weighted by atomic mass is 19.1. The summed E-state index contributed by atoms with van der Waals surface area (Å²) in [4.78, 5) is 14.9. The highest BCUT2D eigenvalue weighted by molar-refractivity contribution is 5.26. The van der Waals surface area contributed by atoms with Gasteiger partial charge in [-0.25, -0.2) is 9.18 Å². The first-order valence-corrected chi connectivity index (χ1v) is 5.60. The molecule has 9 heteroatoms. The van der Waals surface area contributed by atoms with Crippen molar-refractivity contribution in [3.05, 3.63) is 22.5 Å². The molecule has 0 unspecified atom stereocenters. The van der Waals surface area contributed by atoms with Gasteiger partial charge in [-0.3, -0.25) is 4.57 Å². The molecule has 1 aromatic heterocycles. The average molecular weight is 275 g/mol. The molecule has 8 nitrogen and oxygen atoms in total. The summed E-state index contributed by atoms with van der Waals surface area (Å²) in [6.07, 6.45) is -3.91. The Bertz CT molecular complexity index is 522. The summed E-state index contributed by atoms with van der Waals surface area (Å²) in [6.45, 7) is -0.547. The normalized spacial score (nSPS) is 31.4. The Labute approximate surface area is 106 Å². The maximum atomic E-state index is 13.3. The van der Waals surface area contributed by atoms with Crippen molar-refractivity contribution in [2.45, 2.75) is 31.0 Å². The van der Waals surface area contributed by atoms with Crippen LogP contribution in [-0.2, 0) is 4.74 Å². The minimum atomic E-state index is -1.27. The van der Waals surface area contributed by atoms with Crippen LogP contribution in [0, 0.1) is 5.82 Å². The number of nitrogen functional groups attached to an aromatic ring is 1. The standard InChI is InChI=1S/C10H14FN3O5/c11-4-2-14(10(18)13-9(4)12)7-1-5(16)8(17)6(3-15)19-7/h2,5-8,15-17H,1,3H2,(H2,12,13,18)/t5-,6-,7+,8-/m0/s1. The van der Waals surface area contributed by atoms with Gasteiger partial charge in [0.15, 0.2) is 11.6 Å². The number of hydrogen-bond donors (Lipinski definition) is 4. The lowest BCUT2D eigenvalue weighted by atomic mass is 10.0. The molecular formula is C10H14FN3O5. The van der Waals surface area contributed by atoms with Gasteiger partial charge in [0, 0.05) is 6.42 Å². The van der Waals surface area contributed by atoms with Gasteiger partial charge >= 0.3 is 5.69 Å². The molecule has 0 bridgehead atoms.